The van der Waals surface area contributed by atoms with E-state index in [9.17, 15) is 4.79 Å². The van der Waals surface area contributed by atoms with E-state index in [0.29, 0.717) is 12.1 Å². The number of ether oxygens (including phenoxy) is 2. The van der Waals surface area contributed by atoms with Crippen molar-refractivity contribution in [1.82, 2.24) is 10.2 Å². The summed E-state index contributed by atoms with van der Waals surface area (Å²) in [6, 6.07) is 22.4. The van der Waals surface area contributed by atoms with Crippen molar-refractivity contribution in [3.8, 4) is 11.5 Å². The van der Waals surface area contributed by atoms with Crippen LogP contribution in [-0.2, 0) is 19.5 Å². The molecule has 0 atom stereocenters. The summed E-state index contributed by atoms with van der Waals surface area (Å²) in [6.45, 7) is 7.42. The lowest BCUT2D eigenvalue weighted by atomic mass is 10.1. The van der Waals surface area contributed by atoms with Gasteiger partial charge in [-0.2, -0.15) is 0 Å². The van der Waals surface area contributed by atoms with E-state index in [1.807, 2.05) is 30.3 Å². The highest BCUT2D eigenvalue weighted by atomic mass is 16.5. The van der Waals surface area contributed by atoms with Crippen LogP contribution in [0.3, 0.4) is 0 Å². The van der Waals surface area contributed by atoms with E-state index in [1.165, 1.54) is 16.8 Å². The molecule has 6 heteroatoms. The molecule has 1 amide bonds. The van der Waals surface area contributed by atoms with Crippen LogP contribution < -0.4 is 19.7 Å². The van der Waals surface area contributed by atoms with Crippen molar-refractivity contribution < 1.29 is 14.3 Å². The number of rotatable bonds is 9. The summed E-state index contributed by atoms with van der Waals surface area (Å²) in [7, 11) is 3.33. The fourth-order valence-corrected chi connectivity index (χ4v) is 4.44. The highest BCUT2D eigenvalue weighted by Gasteiger charge is 2.18. The van der Waals surface area contributed by atoms with Gasteiger partial charge in [0.1, 0.15) is 0 Å². The van der Waals surface area contributed by atoms with Gasteiger partial charge in [-0.05, 0) is 59.5 Å². The van der Waals surface area contributed by atoms with Gasteiger partial charge in [0.25, 0.3) is 5.91 Å². The van der Waals surface area contributed by atoms with Crippen molar-refractivity contribution in [2.75, 3.05) is 45.3 Å². The molecule has 1 N–H and O–H groups in total. The predicted molar refractivity (Wildman–Crippen MR) is 140 cm³/mol. The van der Waals surface area contributed by atoms with Crippen molar-refractivity contribution in [2.45, 2.75) is 26.4 Å². The molecule has 0 aromatic heterocycles. The zero-order chi connectivity index (χ0) is 24.6. The van der Waals surface area contributed by atoms with E-state index in [0.717, 1.165) is 56.2 Å². The van der Waals surface area contributed by atoms with Crippen molar-refractivity contribution in [1.29, 1.82) is 0 Å². The molecule has 1 aliphatic rings. The zero-order valence-electron chi connectivity index (χ0n) is 20.9. The third kappa shape index (κ3) is 6.34. The molecule has 1 saturated heterocycles. The molecule has 6 nitrogen and oxygen atoms in total. The Balaban J connectivity index is 1.29. The van der Waals surface area contributed by atoms with Crippen molar-refractivity contribution in [2.24, 2.45) is 0 Å². The largest absolute Gasteiger partial charge is 0.493 e. The van der Waals surface area contributed by atoms with Gasteiger partial charge in [-0.1, -0.05) is 37.3 Å². The minimum absolute atomic E-state index is 0.0400. The molecule has 0 spiro atoms. The Bertz CT molecular complexity index is 1120. The van der Waals surface area contributed by atoms with E-state index in [-0.39, 0.29) is 5.91 Å². The van der Waals surface area contributed by atoms with Gasteiger partial charge in [0, 0.05) is 50.5 Å². The molecule has 1 fully saturated rings. The number of anilines is 1. The maximum atomic E-state index is 12.5. The number of amides is 1. The van der Waals surface area contributed by atoms with Crippen LogP contribution in [0.1, 0.15) is 34.0 Å². The van der Waals surface area contributed by atoms with Gasteiger partial charge >= 0.3 is 0 Å². The third-order valence-corrected chi connectivity index (χ3v) is 6.58. The van der Waals surface area contributed by atoms with Gasteiger partial charge in [-0.15, -0.1) is 0 Å². The van der Waals surface area contributed by atoms with Crippen LogP contribution in [0, 0.1) is 0 Å². The van der Waals surface area contributed by atoms with Crippen LogP contribution in [0.5, 0.6) is 11.5 Å². The van der Waals surface area contributed by atoms with Crippen molar-refractivity contribution >= 4 is 11.6 Å². The second-order valence-electron chi connectivity index (χ2n) is 8.86. The smallest absolute Gasteiger partial charge is 0.251 e. The van der Waals surface area contributed by atoms with Gasteiger partial charge in [0.05, 0.1) is 14.2 Å². The summed E-state index contributed by atoms with van der Waals surface area (Å²) in [5.74, 6) is 1.49. The molecule has 4 rings (SSSR count). The molecule has 184 valence electrons. The average Bonchev–Trinajstić information content (AvgIpc) is 2.92. The number of methoxy groups -OCH3 is 2. The molecule has 0 unspecified atom stereocenters. The summed E-state index contributed by atoms with van der Waals surface area (Å²) in [5.41, 5.74) is 5.46. The topological polar surface area (TPSA) is 54.0 Å². The van der Waals surface area contributed by atoms with E-state index in [1.54, 1.807) is 14.2 Å². The number of benzene rings is 3. The standard InChI is InChI=1S/C29H35N3O3/c1-4-22-8-11-25(12-9-22)29(33)30-20-23-6-5-7-26(18-23)32-16-14-31(15-17-32)21-24-10-13-27(34-2)28(19-24)35-3/h5-13,18-19H,4,14-17,20-21H2,1-3H3,(H,30,33). The summed E-state index contributed by atoms with van der Waals surface area (Å²) < 4.78 is 10.8. The minimum atomic E-state index is -0.0400. The van der Waals surface area contributed by atoms with Crippen LogP contribution in [0.2, 0.25) is 0 Å². The summed E-state index contributed by atoms with van der Waals surface area (Å²) in [4.78, 5) is 17.4. The second kappa shape index (κ2) is 11.8. The fourth-order valence-electron chi connectivity index (χ4n) is 4.44. The van der Waals surface area contributed by atoms with Crippen molar-refractivity contribution in [3.05, 3.63) is 89.0 Å². The molecular weight excluding hydrogens is 438 g/mol. The number of hydrogen-bond donors (Lipinski definition) is 1. The quantitative estimate of drug-likeness (QED) is 0.495. The monoisotopic (exact) mass is 473 g/mol. The molecule has 0 radical (unpaired) electrons. The first-order valence-corrected chi connectivity index (χ1v) is 12.2. The maximum absolute atomic E-state index is 12.5. The molecule has 3 aromatic carbocycles. The lowest BCUT2D eigenvalue weighted by Gasteiger charge is -2.36. The number of carbonyl (C=O) groups excluding carboxylic acids is 1. The predicted octanol–water partition coefficient (Wildman–Crippen LogP) is 4.52. The SMILES string of the molecule is CCc1ccc(C(=O)NCc2cccc(N3CCN(Cc4ccc(OC)c(OC)c4)CC3)c2)cc1. The number of piperazine rings is 1. The van der Waals surface area contributed by atoms with Gasteiger partial charge in [-0.25, -0.2) is 0 Å². The molecule has 0 saturated carbocycles. The highest BCUT2D eigenvalue weighted by molar-refractivity contribution is 5.94. The summed E-state index contributed by atoms with van der Waals surface area (Å²) in [6.07, 6.45) is 0.971. The zero-order valence-corrected chi connectivity index (χ0v) is 20.9. The normalized spacial score (nSPS) is 14.0. The number of nitrogens with one attached hydrogen (secondary N) is 1. The van der Waals surface area contributed by atoms with Crippen LogP contribution in [0.15, 0.2) is 66.7 Å². The summed E-state index contributed by atoms with van der Waals surface area (Å²) in [5, 5.41) is 3.05. The second-order valence-corrected chi connectivity index (χ2v) is 8.86. The van der Waals surface area contributed by atoms with Crippen LogP contribution >= 0.6 is 0 Å². The highest BCUT2D eigenvalue weighted by Crippen LogP contribution is 2.28. The number of hydrogen-bond acceptors (Lipinski definition) is 5. The number of carbonyl (C=O) groups is 1. The Morgan fingerprint density at radius 1 is 0.829 bits per heavy atom. The first-order chi connectivity index (χ1) is 17.1. The lowest BCUT2D eigenvalue weighted by Crippen LogP contribution is -2.46. The first kappa shape index (κ1) is 24.6. The first-order valence-electron chi connectivity index (χ1n) is 12.2. The van der Waals surface area contributed by atoms with Gasteiger partial charge in [-0.3, -0.25) is 9.69 Å². The molecule has 1 heterocycles. The van der Waals surface area contributed by atoms with Crippen LogP contribution in [-0.4, -0.2) is 51.2 Å². The summed E-state index contributed by atoms with van der Waals surface area (Å²) >= 11 is 0. The Morgan fingerprint density at radius 3 is 2.23 bits per heavy atom. The minimum Gasteiger partial charge on any atom is -0.493 e. The lowest BCUT2D eigenvalue weighted by molar-refractivity contribution is 0.0951. The van der Waals surface area contributed by atoms with Crippen LogP contribution in [0.4, 0.5) is 5.69 Å². The van der Waals surface area contributed by atoms with Gasteiger partial charge in [0.15, 0.2) is 11.5 Å². The molecule has 1 aliphatic heterocycles. The van der Waals surface area contributed by atoms with E-state index in [2.05, 4.69) is 58.4 Å². The van der Waals surface area contributed by atoms with Crippen LogP contribution in [0.25, 0.3) is 0 Å². The Morgan fingerprint density at radius 2 is 1.54 bits per heavy atom. The van der Waals surface area contributed by atoms with E-state index >= 15 is 0 Å². The van der Waals surface area contributed by atoms with Crippen molar-refractivity contribution in [3.63, 3.8) is 0 Å². The third-order valence-electron chi connectivity index (χ3n) is 6.58. The van der Waals surface area contributed by atoms with Gasteiger partial charge in [0.2, 0.25) is 0 Å². The Kier molecular flexibility index (Phi) is 8.27. The molecule has 35 heavy (non-hydrogen) atoms. The van der Waals surface area contributed by atoms with E-state index < -0.39 is 0 Å². The maximum Gasteiger partial charge on any atom is 0.251 e. The Labute approximate surface area is 208 Å². The molecular formula is C29H35N3O3. The average molecular weight is 474 g/mol. The number of aryl methyl sites for hydroxylation is 1. The Hall–Kier alpha value is -3.51. The van der Waals surface area contributed by atoms with Gasteiger partial charge < -0.3 is 19.7 Å². The molecule has 3 aromatic rings. The van der Waals surface area contributed by atoms with E-state index in [4.69, 9.17) is 9.47 Å². The fraction of sp³-hybridized carbons (Fsp3) is 0.345. The number of nitrogens with zero attached hydrogens (tertiary/aromatic N) is 2. The molecule has 0 bridgehead atoms. The molecule has 0 aliphatic carbocycles.